The van der Waals surface area contributed by atoms with Gasteiger partial charge in [-0.25, -0.2) is 4.79 Å². The van der Waals surface area contributed by atoms with Crippen LogP contribution in [0.3, 0.4) is 0 Å². The molecule has 2 saturated heterocycles. The van der Waals surface area contributed by atoms with Gasteiger partial charge >= 0.3 is 6.09 Å². The summed E-state index contributed by atoms with van der Waals surface area (Å²) >= 11 is 0. The highest BCUT2D eigenvalue weighted by atomic mass is 16.6. The van der Waals surface area contributed by atoms with Crippen molar-refractivity contribution in [3.63, 3.8) is 0 Å². The molecule has 2 heterocycles. The topological polar surface area (TPSA) is 62.8 Å². The number of amides is 1. The smallest absolute Gasteiger partial charge is 0.410 e. The number of ether oxygens (including phenoxy) is 2. The van der Waals surface area contributed by atoms with Gasteiger partial charge in [0.15, 0.2) is 0 Å². The van der Waals surface area contributed by atoms with Gasteiger partial charge in [-0.1, -0.05) is 0 Å². The van der Waals surface area contributed by atoms with Gasteiger partial charge in [-0.2, -0.15) is 0 Å². The molecule has 0 aliphatic carbocycles. The van der Waals surface area contributed by atoms with E-state index < -0.39 is 5.60 Å². The van der Waals surface area contributed by atoms with Crippen LogP contribution < -0.4 is 10.6 Å². The van der Waals surface area contributed by atoms with Gasteiger partial charge in [-0.15, -0.1) is 0 Å². The number of likely N-dealkylation sites (tertiary alicyclic amines) is 1. The van der Waals surface area contributed by atoms with E-state index in [1.807, 2.05) is 20.8 Å². The summed E-state index contributed by atoms with van der Waals surface area (Å²) in [4.78, 5) is 13.8. The van der Waals surface area contributed by atoms with E-state index >= 15 is 0 Å². The lowest BCUT2D eigenvalue weighted by molar-refractivity contribution is -0.0118. The minimum Gasteiger partial charge on any atom is -0.444 e. The zero-order chi connectivity index (χ0) is 16.0. The first-order valence-corrected chi connectivity index (χ1v) is 8.48. The van der Waals surface area contributed by atoms with E-state index in [2.05, 4.69) is 10.6 Å². The number of carbonyl (C=O) groups excluding carboxylic acids is 1. The van der Waals surface area contributed by atoms with Crippen LogP contribution >= 0.6 is 0 Å². The molecular formula is C16H31N3O3. The third kappa shape index (κ3) is 6.10. The largest absolute Gasteiger partial charge is 0.444 e. The Balaban J connectivity index is 1.52. The summed E-state index contributed by atoms with van der Waals surface area (Å²) < 4.78 is 11.3. The fourth-order valence-electron chi connectivity index (χ4n) is 2.59. The second-order valence-corrected chi connectivity index (χ2v) is 7.20. The molecule has 2 aliphatic heterocycles. The summed E-state index contributed by atoms with van der Waals surface area (Å²) in [6.07, 6.45) is 2.93. The Bertz CT molecular complexity index is 345. The van der Waals surface area contributed by atoms with E-state index in [0.717, 1.165) is 58.6 Å². The number of hydrogen-bond acceptors (Lipinski definition) is 5. The minimum atomic E-state index is -0.423. The predicted molar refractivity (Wildman–Crippen MR) is 86.1 cm³/mol. The van der Waals surface area contributed by atoms with Crippen molar-refractivity contribution < 1.29 is 14.3 Å². The monoisotopic (exact) mass is 313 g/mol. The molecule has 2 N–H and O–H groups in total. The van der Waals surface area contributed by atoms with Gasteiger partial charge in [0.25, 0.3) is 0 Å². The molecule has 22 heavy (non-hydrogen) atoms. The normalized spacial score (nSPS) is 20.8. The molecular weight excluding hydrogens is 282 g/mol. The third-order valence-electron chi connectivity index (χ3n) is 3.98. The molecule has 0 unspecified atom stereocenters. The summed E-state index contributed by atoms with van der Waals surface area (Å²) in [7, 11) is 0. The van der Waals surface area contributed by atoms with Crippen LogP contribution in [0.1, 0.15) is 40.0 Å². The average molecular weight is 313 g/mol. The Morgan fingerprint density at radius 2 is 1.95 bits per heavy atom. The van der Waals surface area contributed by atoms with Gasteiger partial charge in [0.2, 0.25) is 0 Å². The van der Waals surface area contributed by atoms with E-state index in [0.29, 0.717) is 6.04 Å². The lowest BCUT2D eigenvalue weighted by Crippen LogP contribution is -2.55. The summed E-state index contributed by atoms with van der Waals surface area (Å²) in [6, 6.07) is 0.650. The van der Waals surface area contributed by atoms with Crippen LogP contribution in [-0.2, 0) is 9.47 Å². The third-order valence-corrected chi connectivity index (χ3v) is 3.98. The summed E-state index contributed by atoms with van der Waals surface area (Å²) in [6.45, 7) is 11.1. The highest BCUT2D eigenvalue weighted by Crippen LogP contribution is 2.17. The molecule has 0 aromatic carbocycles. The van der Waals surface area contributed by atoms with Gasteiger partial charge in [0.05, 0.1) is 6.10 Å². The molecule has 0 atom stereocenters. The fourth-order valence-corrected chi connectivity index (χ4v) is 2.59. The van der Waals surface area contributed by atoms with Crippen LogP contribution in [0.4, 0.5) is 4.79 Å². The fraction of sp³-hybridized carbons (Fsp3) is 0.938. The number of nitrogens with zero attached hydrogens (tertiary/aromatic N) is 1. The van der Waals surface area contributed by atoms with Crippen molar-refractivity contribution in [2.75, 3.05) is 39.3 Å². The van der Waals surface area contributed by atoms with Gasteiger partial charge in [-0.3, -0.25) is 0 Å². The highest BCUT2D eigenvalue weighted by molar-refractivity contribution is 5.68. The maximum atomic E-state index is 12.0. The van der Waals surface area contributed by atoms with E-state index in [4.69, 9.17) is 9.47 Å². The van der Waals surface area contributed by atoms with E-state index in [1.165, 1.54) is 0 Å². The average Bonchev–Trinajstić information content (AvgIpc) is 2.39. The number of hydrogen-bond donors (Lipinski definition) is 2. The summed E-state index contributed by atoms with van der Waals surface area (Å²) in [5, 5.41) is 6.73. The van der Waals surface area contributed by atoms with Crippen LogP contribution in [0.15, 0.2) is 0 Å². The Hall–Kier alpha value is -0.850. The maximum Gasteiger partial charge on any atom is 0.410 e. The van der Waals surface area contributed by atoms with Crippen LogP contribution in [-0.4, -0.2) is 68.1 Å². The number of piperidine rings is 1. The van der Waals surface area contributed by atoms with Crippen molar-refractivity contribution in [2.45, 2.75) is 57.8 Å². The first-order valence-electron chi connectivity index (χ1n) is 8.48. The molecule has 0 saturated carbocycles. The zero-order valence-corrected chi connectivity index (χ0v) is 14.2. The van der Waals surface area contributed by atoms with Crippen molar-refractivity contribution >= 4 is 6.09 Å². The van der Waals surface area contributed by atoms with E-state index in [-0.39, 0.29) is 12.2 Å². The van der Waals surface area contributed by atoms with Gasteiger partial charge in [-0.05, 0) is 46.6 Å². The molecule has 128 valence electrons. The Kier molecular flexibility index (Phi) is 6.47. The molecule has 0 aromatic heterocycles. The van der Waals surface area contributed by atoms with Crippen LogP contribution in [0.25, 0.3) is 0 Å². The number of rotatable bonds is 6. The molecule has 2 aliphatic rings. The molecule has 6 heteroatoms. The van der Waals surface area contributed by atoms with E-state index in [9.17, 15) is 4.79 Å². The Labute approximate surface area is 133 Å². The predicted octanol–water partition coefficient (Wildman–Crippen LogP) is 1.35. The van der Waals surface area contributed by atoms with Crippen molar-refractivity contribution in [1.82, 2.24) is 15.5 Å². The zero-order valence-electron chi connectivity index (χ0n) is 14.2. The van der Waals surface area contributed by atoms with Crippen molar-refractivity contribution in [3.05, 3.63) is 0 Å². The highest BCUT2D eigenvalue weighted by Gasteiger charge is 2.27. The Morgan fingerprint density at radius 3 is 2.50 bits per heavy atom. The molecule has 2 fully saturated rings. The van der Waals surface area contributed by atoms with E-state index in [1.54, 1.807) is 4.90 Å². The van der Waals surface area contributed by atoms with Crippen LogP contribution in [0.2, 0.25) is 0 Å². The van der Waals surface area contributed by atoms with Crippen molar-refractivity contribution in [2.24, 2.45) is 0 Å². The number of carbonyl (C=O) groups is 1. The Morgan fingerprint density at radius 1 is 1.27 bits per heavy atom. The van der Waals surface area contributed by atoms with Crippen LogP contribution in [0.5, 0.6) is 0 Å². The maximum absolute atomic E-state index is 12.0. The lowest BCUT2D eigenvalue weighted by Gasteiger charge is -2.33. The van der Waals surface area contributed by atoms with Crippen LogP contribution in [0, 0.1) is 0 Å². The summed E-state index contributed by atoms with van der Waals surface area (Å²) in [5.41, 5.74) is -0.423. The molecule has 0 spiro atoms. The van der Waals surface area contributed by atoms with Crippen molar-refractivity contribution in [1.29, 1.82) is 0 Å². The minimum absolute atomic E-state index is 0.204. The number of nitrogens with one attached hydrogen (secondary N) is 2. The van der Waals surface area contributed by atoms with Gasteiger partial charge in [0, 0.05) is 38.8 Å². The first kappa shape index (κ1) is 17.5. The second kappa shape index (κ2) is 8.13. The quantitative estimate of drug-likeness (QED) is 0.725. The molecule has 2 rings (SSSR count). The molecule has 6 nitrogen and oxygen atoms in total. The SMILES string of the molecule is CC(C)(C)OC(=O)N1CCC(OCCCNC2CNC2)CC1. The molecule has 0 bridgehead atoms. The standard InChI is InChI=1S/C16H31N3O3/c1-16(2,3)22-15(20)19-8-5-14(6-9-19)21-10-4-7-18-13-11-17-12-13/h13-14,17-18H,4-12H2,1-3H3. The summed E-state index contributed by atoms with van der Waals surface area (Å²) in [5.74, 6) is 0. The second-order valence-electron chi connectivity index (χ2n) is 7.20. The molecule has 1 amide bonds. The van der Waals surface area contributed by atoms with Gasteiger partial charge in [0.1, 0.15) is 5.60 Å². The molecule has 0 aromatic rings. The lowest BCUT2D eigenvalue weighted by atomic mass is 10.1. The van der Waals surface area contributed by atoms with Gasteiger partial charge < -0.3 is 25.0 Å². The molecule has 0 radical (unpaired) electrons. The van der Waals surface area contributed by atoms with Crippen molar-refractivity contribution in [3.8, 4) is 0 Å². The first-order chi connectivity index (χ1) is 10.4.